The Hall–Kier alpha value is -2.50. The maximum absolute atomic E-state index is 13.9. The molecule has 2 rings (SSSR count). The van der Waals surface area contributed by atoms with Crippen molar-refractivity contribution in [3.05, 3.63) is 59.7 Å². The summed E-state index contributed by atoms with van der Waals surface area (Å²) in [6, 6.07) is 8.83. The summed E-state index contributed by atoms with van der Waals surface area (Å²) in [5, 5.41) is 0. The largest absolute Gasteiger partial charge is 0.296 e. The zero-order chi connectivity index (χ0) is 16.3. The predicted molar refractivity (Wildman–Crippen MR) is 71.8 cm³/mol. The number of Topliss-reactive ketones (excluding diaryl/α,β-unsaturated/α-hetero) is 2. The Balaban J connectivity index is 2.24. The highest BCUT2D eigenvalue weighted by molar-refractivity contribution is 6.09. The van der Waals surface area contributed by atoms with Crippen LogP contribution in [0.3, 0.4) is 0 Å². The van der Waals surface area contributed by atoms with Crippen LogP contribution in [0.4, 0.5) is 17.6 Å². The molecule has 0 fully saturated rings. The number of ketones is 2. The van der Waals surface area contributed by atoms with Gasteiger partial charge in [-0.1, -0.05) is 18.2 Å². The van der Waals surface area contributed by atoms with E-state index in [4.69, 9.17) is 0 Å². The number of rotatable bonds is 5. The lowest BCUT2D eigenvalue weighted by Gasteiger charge is -2.06. The van der Waals surface area contributed by atoms with Gasteiger partial charge in [-0.05, 0) is 35.4 Å². The monoisotopic (exact) mass is 310 g/mol. The number of hydrogen-bond acceptors (Lipinski definition) is 2. The first-order valence-corrected chi connectivity index (χ1v) is 6.28. The molecule has 0 saturated carbocycles. The summed E-state index contributed by atoms with van der Waals surface area (Å²) in [6.45, 7) is 0. The number of hydrogen-bond donors (Lipinski definition) is 0. The summed E-state index contributed by atoms with van der Waals surface area (Å²) >= 11 is 0. The van der Waals surface area contributed by atoms with Gasteiger partial charge in [0.05, 0.1) is 12.0 Å². The third kappa shape index (κ3) is 3.58. The molecule has 0 heterocycles. The number of alkyl halides is 2. The van der Waals surface area contributed by atoms with Gasteiger partial charge in [0.2, 0.25) is 5.78 Å². The lowest BCUT2D eigenvalue weighted by Crippen LogP contribution is -2.16. The highest BCUT2D eigenvalue weighted by atomic mass is 19.3. The average molecular weight is 310 g/mol. The fourth-order valence-electron chi connectivity index (χ4n) is 1.89. The molecular weight excluding hydrogens is 300 g/mol. The molecule has 6 heteroatoms. The molecule has 0 bridgehead atoms. The molecule has 0 amide bonds. The summed E-state index contributed by atoms with van der Waals surface area (Å²) < 4.78 is 50.9. The van der Waals surface area contributed by atoms with Gasteiger partial charge >= 0.3 is 0 Å². The van der Waals surface area contributed by atoms with E-state index >= 15 is 0 Å². The normalized spacial score (nSPS) is 10.8. The van der Waals surface area contributed by atoms with Crippen LogP contribution in [-0.4, -0.2) is 18.0 Å². The predicted octanol–water partition coefficient (Wildman–Crippen LogP) is 4.04. The van der Waals surface area contributed by atoms with Crippen LogP contribution in [0.1, 0.15) is 16.8 Å². The minimum atomic E-state index is -3.26. The van der Waals surface area contributed by atoms with Crippen molar-refractivity contribution >= 4 is 11.6 Å². The van der Waals surface area contributed by atoms with Crippen LogP contribution in [0.2, 0.25) is 0 Å². The van der Waals surface area contributed by atoms with Gasteiger partial charge < -0.3 is 0 Å². The van der Waals surface area contributed by atoms with Crippen LogP contribution in [0.5, 0.6) is 0 Å². The van der Waals surface area contributed by atoms with E-state index in [0.29, 0.717) is 11.1 Å². The van der Waals surface area contributed by atoms with E-state index in [2.05, 4.69) is 0 Å². The Bertz CT molecular complexity index is 709. The maximum atomic E-state index is 13.9. The fraction of sp³-hybridized carbons (Fsp3) is 0.125. The highest BCUT2D eigenvalue weighted by Gasteiger charge is 2.22. The molecule has 0 aromatic heterocycles. The van der Waals surface area contributed by atoms with Gasteiger partial charge in [0, 0.05) is 0 Å². The molecule has 0 spiro atoms. The summed E-state index contributed by atoms with van der Waals surface area (Å²) in [5.74, 6) is -3.92. The van der Waals surface area contributed by atoms with E-state index in [9.17, 15) is 27.2 Å². The summed E-state index contributed by atoms with van der Waals surface area (Å²) in [6.07, 6.45) is -4.31. The second-order valence-electron chi connectivity index (χ2n) is 4.57. The standard InChI is InChI=1S/C16H10F4O2/c17-11-4-1-9(2-5-11)10-3-6-12(13(18)7-10)14(21)8-15(22)16(19)20/h1-7,16H,8H2. The van der Waals surface area contributed by atoms with E-state index in [1.807, 2.05) is 0 Å². The van der Waals surface area contributed by atoms with Gasteiger partial charge in [0.25, 0.3) is 6.43 Å². The second kappa shape index (κ2) is 6.51. The Morgan fingerprint density at radius 1 is 0.909 bits per heavy atom. The van der Waals surface area contributed by atoms with Crippen molar-refractivity contribution in [2.75, 3.05) is 0 Å². The smallest absolute Gasteiger partial charge is 0.294 e. The van der Waals surface area contributed by atoms with E-state index in [-0.39, 0.29) is 0 Å². The number of benzene rings is 2. The topological polar surface area (TPSA) is 34.1 Å². The van der Waals surface area contributed by atoms with E-state index < -0.39 is 41.6 Å². The zero-order valence-electron chi connectivity index (χ0n) is 11.2. The van der Waals surface area contributed by atoms with E-state index in [0.717, 1.165) is 12.1 Å². The molecule has 0 aliphatic carbocycles. The third-order valence-corrected chi connectivity index (χ3v) is 3.03. The quantitative estimate of drug-likeness (QED) is 0.474. The molecule has 2 nitrogen and oxygen atoms in total. The van der Waals surface area contributed by atoms with Crippen molar-refractivity contribution in [2.24, 2.45) is 0 Å². The second-order valence-corrected chi connectivity index (χ2v) is 4.57. The minimum absolute atomic E-state index is 0.397. The number of carbonyl (C=O) groups excluding carboxylic acids is 2. The minimum Gasteiger partial charge on any atom is -0.294 e. The maximum Gasteiger partial charge on any atom is 0.296 e. The summed E-state index contributed by atoms with van der Waals surface area (Å²) in [5.41, 5.74) is 0.497. The van der Waals surface area contributed by atoms with Crippen LogP contribution in [0, 0.1) is 11.6 Å². The molecule has 0 unspecified atom stereocenters. The molecular formula is C16H10F4O2. The van der Waals surface area contributed by atoms with Crippen molar-refractivity contribution in [1.29, 1.82) is 0 Å². The van der Waals surface area contributed by atoms with Crippen molar-refractivity contribution in [2.45, 2.75) is 12.8 Å². The van der Waals surface area contributed by atoms with Crippen molar-refractivity contribution in [3.63, 3.8) is 0 Å². The Kier molecular flexibility index (Phi) is 4.70. The first-order valence-electron chi connectivity index (χ1n) is 6.28. The van der Waals surface area contributed by atoms with Gasteiger partial charge in [0.1, 0.15) is 11.6 Å². The van der Waals surface area contributed by atoms with Crippen LogP contribution in [0.15, 0.2) is 42.5 Å². The molecule has 22 heavy (non-hydrogen) atoms. The van der Waals surface area contributed by atoms with E-state index in [1.54, 1.807) is 0 Å². The van der Waals surface area contributed by atoms with Gasteiger partial charge in [-0.15, -0.1) is 0 Å². The molecule has 0 radical (unpaired) electrons. The molecule has 0 N–H and O–H groups in total. The first kappa shape index (κ1) is 15.9. The van der Waals surface area contributed by atoms with Crippen LogP contribution < -0.4 is 0 Å². The van der Waals surface area contributed by atoms with Gasteiger partial charge in [0.15, 0.2) is 5.78 Å². The average Bonchev–Trinajstić information content (AvgIpc) is 2.47. The highest BCUT2D eigenvalue weighted by Crippen LogP contribution is 2.23. The van der Waals surface area contributed by atoms with Gasteiger partial charge in [-0.3, -0.25) is 9.59 Å². The van der Waals surface area contributed by atoms with Gasteiger partial charge in [-0.2, -0.15) is 0 Å². The molecule has 0 saturated heterocycles. The van der Waals surface area contributed by atoms with Crippen LogP contribution >= 0.6 is 0 Å². The SMILES string of the molecule is O=C(CC(=O)C(F)F)c1ccc(-c2ccc(F)cc2)cc1F. The van der Waals surface area contributed by atoms with Gasteiger partial charge in [-0.25, -0.2) is 17.6 Å². The zero-order valence-corrected chi connectivity index (χ0v) is 11.2. The van der Waals surface area contributed by atoms with Crippen molar-refractivity contribution < 1.29 is 27.2 Å². The fourth-order valence-corrected chi connectivity index (χ4v) is 1.89. The lowest BCUT2D eigenvalue weighted by atomic mass is 10.00. The van der Waals surface area contributed by atoms with Crippen LogP contribution in [0.25, 0.3) is 11.1 Å². The van der Waals surface area contributed by atoms with E-state index in [1.165, 1.54) is 30.3 Å². The van der Waals surface area contributed by atoms with Crippen molar-refractivity contribution in [3.8, 4) is 11.1 Å². The molecule has 2 aromatic rings. The Morgan fingerprint density at radius 3 is 2.05 bits per heavy atom. The molecule has 0 aliphatic heterocycles. The first-order chi connectivity index (χ1) is 10.4. The molecule has 2 aromatic carbocycles. The molecule has 0 atom stereocenters. The Labute approximate surface area is 123 Å². The molecule has 114 valence electrons. The number of carbonyl (C=O) groups is 2. The summed E-state index contributed by atoms with van der Waals surface area (Å²) in [7, 11) is 0. The van der Waals surface area contributed by atoms with Crippen LogP contribution in [-0.2, 0) is 4.79 Å². The van der Waals surface area contributed by atoms with Crippen molar-refractivity contribution in [1.82, 2.24) is 0 Å². The number of halogens is 4. The Morgan fingerprint density at radius 2 is 1.50 bits per heavy atom. The third-order valence-electron chi connectivity index (χ3n) is 3.03. The lowest BCUT2D eigenvalue weighted by molar-refractivity contribution is -0.128. The molecule has 0 aliphatic rings. The summed E-state index contributed by atoms with van der Waals surface area (Å²) in [4.78, 5) is 22.5.